The zero-order valence-electron chi connectivity index (χ0n) is 6.38. The minimum Gasteiger partial charge on any atom is -0.377 e. The summed E-state index contributed by atoms with van der Waals surface area (Å²) in [5.41, 5.74) is 0. The van der Waals surface area contributed by atoms with Gasteiger partial charge in [0.25, 0.3) is 0 Å². The Labute approximate surface area is 61.9 Å². The van der Waals surface area contributed by atoms with Crippen LogP contribution in [0.2, 0.25) is 0 Å². The van der Waals surface area contributed by atoms with Gasteiger partial charge in [-0.2, -0.15) is 0 Å². The molecular weight excluding hydrogens is 128 g/mol. The Balaban J connectivity index is 3.02. The molecule has 0 aromatic carbocycles. The van der Waals surface area contributed by atoms with Crippen LogP contribution < -0.4 is 0 Å². The lowest BCUT2D eigenvalue weighted by molar-refractivity contribution is -0.111. The predicted octanol–water partition coefficient (Wildman–Crippen LogP) is 1.41. The van der Waals surface area contributed by atoms with E-state index < -0.39 is 0 Å². The molecule has 2 nitrogen and oxygen atoms in total. The average molecular weight is 142 g/mol. The zero-order valence-corrected chi connectivity index (χ0v) is 6.38. The lowest BCUT2D eigenvalue weighted by Gasteiger charge is -2.01. The molecule has 0 saturated heterocycles. The normalized spacial score (nSPS) is 12.5. The van der Waals surface area contributed by atoms with E-state index in [9.17, 15) is 4.79 Å². The Morgan fingerprint density at radius 3 is 2.90 bits per heavy atom. The quantitative estimate of drug-likeness (QED) is 0.318. The summed E-state index contributed by atoms with van der Waals surface area (Å²) < 4.78 is 5.08. The van der Waals surface area contributed by atoms with Crippen LogP contribution in [0.3, 0.4) is 0 Å². The summed E-state index contributed by atoms with van der Waals surface area (Å²) in [6.45, 7) is 6.60. The van der Waals surface area contributed by atoms with Crippen molar-refractivity contribution in [2.75, 3.05) is 13.2 Å². The van der Waals surface area contributed by atoms with Crippen LogP contribution in [-0.2, 0) is 9.53 Å². The molecule has 1 atom stereocenters. The molecule has 0 unspecified atom stereocenters. The van der Waals surface area contributed by atoms with Gasteiger partial charge >= 0.3 is 0 Å². The first kappa shape index (κ1) is 9.37. The summed E-state index contributed by atoms with van der Waals surface area (Å²) in [5, 5.41) is 0. The van der Waals surface area contributed by atoms with Gasteiger partial charge in [0.05, 0.1) is 6.61 Å². The maximum atomic E-state index is 10.1. The van der Waals surface area contributed by atoms with E-state index in [1.165, 1.54) is 0 Å². The predicted molar refractivity (Wildman–Crippen MR) is 40.9 cm³/mol. The largest absolute Gasteiger partial charge is 0.377 e. The highest BCUT2D eigenvalue weighted by Crippen LogP contribution is 1.96. The van der Waals surface area contributed by atoms with Gasteiger partial charge in [0, 0.05) is 12.5 Å². The fourth-order valence-corrected chi connectivity index (χ4v) is 0.504. The van der Waals surface area contributed by atoms with Crippen molar-refractivity contribution < 1.29 is 9.53 Å². The van der Waals surface area contributed by atoms with Gasteiger partial charge in [-0.1, -0.05) is 13.0 Å². The summed E-state index contributed by atoms with van der Waals surface area (Å²) >= 11 is 0. The molecule has 0 aliphatic rings. The molecule has 0 rings (SSSR count). The summed E-state index contributed by atoms with van der Waals surface area (Å²) in [5.74, 6) is 0.116. The first-order chi connectivity index (χ1) is 4.81. The smallest absolute Gasteiger partial charge is 0.122 e. The highest BCUT2D eigenvalue weighted by Gasteiger charge is 1.96. The van der Waals surface area contributed by atoms with Gasteiger partial charge in [-0.05, 0) is 6.42 Å². The number of ether oxygens (including phenoxy) is 1. The molecule has 0 aromatic rings. The van der Waals surface area contributed by atoms with Crippen molar-refractivity contribution in [3.8, 4) is 0 Å². The molecule has 0 saturated carbocycles. The molecule has 0 aliphatic carbocycles. The SMILES string of the molecule is C=CCOCC[C@@H](C)C=O. The van der Waals surface area contributed by atoms with Crippen molar-refractivity contribution in [2.24, 2.45) is 5.92 Å². The summed E-state index contributed by atoms with van der Waals surface area (Å²) in [6, 6.07) is 0. The van der Waals surface area contributed by atoms with Crippen LogP contribution in [0.4, 0.5) is 0 Å². The Morgan fingerprint density at radius 2 is 2.40 bits per heavy atom. The van der Waals surface area contributed by atoms with Crippen LogP contribution in [0, 0.1) is 5.92 Å². The topological polar surface area (TPSA) is 26.3 Å². The molecule has 0 aromatic heterocycles. The first-order valence-electron chi connectivity index (χ1n) is 3.45. The molecule has 0 heterocycles. The number of carbonyl (C=O) groups is 1. The fourth-order valence-electron chi connectivity index (χ4n) is 0.504. The zero-order chi connectivity index (χ0) is 7.82. The maximum Gasteiger partial charge on any atom is 0.122 e. The van der Waals surface area contributed by atoms with Crippen LogP contribution in [0.15, 0.2) is 12.7 Å². The minimum absolute atomic E-state index is 0.116. The third-order valence-electron chi connectivity index (χ3n) is 1.19. The number of aldehydes is 1. The van der Waals surface area contributed by atoms with Crippen LogP contribution in [-0.4, -0.2) is 19.5 Å². The van der Waals surface area contributed by atoms with Gasteiger partial charge in [-0.3, -0.25) is 0 Å². The molecule has 58 valence electrons. The molecular formula is C8H14O2. The van der Waals surface area contributed by atoms with Crippen molar-refractivity contribution in [3.05, 3.63) is 12.7 Å². The maximum absolute atomic E-state index is 10.1. The van der Waals surface area contributed by atoms with Crippen molar-refractivity contribution >= 4 is 6.29 Å². The summed E-state index contributed by atoms with van der Waals surface area (Å²) in [7, 11) is 0. The molecule has 0 fully saturated rings. The molecule has 0 spiro atoms. The van der Waals surface area contributed by atoms with Crippen LogP contribution >= 0.6 is 0 Å². The Morgan fingerprint density at radius 1 is 1.70 bits per heavy atom. The van der Waals surface area contributed by atoms with E-state index in [2.05, 4.69) is 6.58 Å². The number of carbonyl (C=O) groups excluding carboxylic acids is 1. The summed E-state index contributed by atoms with van der Waals surface area (Å²) in [4.78, 5) is 10.1. The average Bonchev–Trinajstić information content (AvgIpc) is 1.98. The van der Waals surface area contributed by atoms with Crippen molar-refractivity contribution in [2.45, 2.75) is 13.3 Å². The Hall–Kier alpha value is -0.630. The van der Waals surface area contributed by atoms with Crippen LogP contribution in [0.5, 0.6) is 0 Å². The third-order valence-corrected chi connectivity index (χ3v) is 1.19. The van der Waals surface area contributed by atoms with E-state index in [1.54, 1.807) is 6.08 Å². The third kappa shape index (κ3) is 5.51. The van der Waals surface area contributed by atoms with E-state index in [0.717, 1.165) is 12.7 Å². The van der Waals surface area contributed by atoms with E-state index in [-0.39, 0.29) is 5.92 Å². The fraction of sp³-hybridized carbons (Fsp3) is 0.625. The molecule has 10 heavy (non-hydrogen) atoms. The van der Waals surface area contributed by atoms with Crippen molar-refractivity contribution in [1.82, 2.24) is 0 Å². The van der Waals surface area contributed by atoms with Gasteiger partial charge in [-0.15, -0.1) is 6.58 Å². The van der Waals surface area contributed by atoms with E-state index in [0.29, 0.717) is 13.2 Å². The van der Waals surface area contributed by atoms with Gasteiger partial charge in [-0.25, -0.2) is 0 Å². The van der Waals surface area contributed by atoms with E-state index in [1.807, 2.05) is 6.92 Å². The van der Waals surface area contributed by atoms with Crippen LogP contribution in [0.25, 0.3) is 0 Å². The second-order valence-corrected chi connectivity index (χ2v) is 2.27. The Bertz CT molecular complexity index is 99.4. The van der Waals surface area contributed by atoms with Crippen molar-refractivity contribution in [1.29, 1.82) is 0 Å². The highest BCUT2D eigenvalue weighted by atomic mass is 16.5. The number of hydrogen-bond acceptors (Lipinski definition) is 2. The second-order valence-electron chi connectivity index (χ2n) is 2.27. The highest BCUT2D eigenvalue weighted by molar-refractivity contribution is 5.52. The molecule has 0 amide bonds. The molecule has 0 bridgehead atoms. The number of hydrogen-bond donors (Lipinski definition) is 0. The van der Waals surface area contributed by atoms with E-state index in [4.69, 9.17) is 4.74 Å². The molecule has 0 N–H and O–H groups in total. The van der Waals surface area contributed by atoms with Gasteiger partial charge in [0.15, 0.2) is 0 Å². The van der Waals surface area contributed by atoms with Crippen molar-refractivity contribution in [3.63, 3.8) is 0 Å². The van der Waals surface area contributed by atoms with Crippen LogP contribution in [0.1, 0.15) is 13.3 Å². The molecule has 2 heteroatoms. The number of rotatable bonds is 6. The first-order valence-corrected chi connectivity index (χ1v) is 3.45. The monoisotopic (exact) mass is 142 g/mol. The van der Waals surface area contributed by atoms with Gasteiger partial charge in [0.2, 0.25) is 0 Å². The van der Waals surface area contributed by atoms with Gasteiger partial charge < -0.3 is 9.53 Å². The van der Waals surface area contributed by atoms with Gasteiger partial charge in [0.1, 0.15) is 6.29 Å². The van der Waals surface area contributed by atoms with E-state index >= 15 is 0 Å². The molecule has 0 radical (unpaired) electrons. The lowest BCUT2D eigenvalue weighted by Crippen LogP contribution is -2.02. The second kappa shape index (κ2) is 6.49. The standard InChI is InChI=1S/C8H14O2/c1-3-5-10-6-4-8(2)7-9/h3,7-8H,1,4-6H2,2H3/t8-/m1/s1. The summed E-state index contributed by atoms with van der Waals surface area (Å²) in [6.07, 6.45) is 3.44. The Kier molecular flexibility index (Phi) is 6.08. The lowest BCUT2D eigenvalue weighted by atomic mass is 10.1. The minimum atomic E-state index is 0.116. The molecule has 0 aliphatic heterocycles.